The zero-order valence-electron chi connectivity index (χ0n) is 22.2. The number of carbonyl (C=O) groups is 2. The number of hydrogen-bond donors (Lipinski definition) is 4. The third-order valence-electron chi connectivity index (χ3n) is 9.96. The minimum atomic E-state index is 0.0386. The molecule has 4 aliphatic rings. The van der Waals surface area contributed by atoms with Crippen LogP contribution in [0.3, 0.4) is 0 Å². The van der Waals surface area contributed by atoms with Crippen LogP contribution in [0.5, 0.6) is 0 Å². The number of likely N-dealkylation sites (tertiary alicyclic amines) is 1. The zero-order chi connectivity index (χ0) is 25.5. The SMILES string of the molecule is CN1CC(CNC(=O)C2CCC(C(=O)NC3CCC(N)CC3)CC2)CC2c3cccc4[nH]cc(c34)CC21. The molecular formula is C30H43N5O2. The van der Waals surface area contributed by atoms with Gasteiger partial charge in [0.1, 0.15) is 0 Å². The summed E-state index contributed by atoms with van der Waals surface area (Å²) >= 11 is 0. The minimum absolute atomic E-state index is 0.0386. The lowest BCUT2D eigenvalue weighted by Gasteiger charge is -2.45. The van der Waals surface area contributed by atoms with Crippen molar-refractivity contribution in [2.75, 3.05) is 20.1 Å². The average molecular weight is 506 g/mol. The molecule has 200 valence electrons. The van der Waals surface area contributed by atoms with E-state index in [2.05, 4.69) is 52.0 Å². The molecule has 1 aromatic heterocycles. The molecule has 1 aromatic carbocycles. The van der Waals surface area contributed by atoms with Crippen molar-refractivity contribution in [3.05, 3.63) is 35.5 Å². The zero-order valence-corrected chi connectivity index (χ0v) is 22.2. The highest BCUT2D eigenvalue weighted by atomic mass is 16.2. The van der Waals surface area contributed by atoms with Crippen molar-refractivity contribution in [1.29, 1.82) is 0 Å². The Balaban J connectivity index is 0.989. The van der Waals surface area contributed by atoms with Crippen LogP contribution in [0.1, 0.15) is 74.8 Å². The van der Waals surface area contributed by atoms with E-state index in [9.17, 15) is 9.59 Å². The van der Waals surface area contributed by atoms with Crippen LogP contribution in [-0.4, -0.2) is 60.0 Å². The summed E-state index contributed by atoms with van der Waals surface area (Å²) in [7, 11) is 2.25. The van der Waals surface area contributed by atoms with Gasteiger partial charge in [0.05, 0.1) is 0 Å². The molecular weight excluding hydrogens is 462 g/mol. The first kappa shape index (κ1) is 24.9. The molecule has 2 aromatic rings. The molecule has 0 bridgehead atoms. The summed E-state index contributed by atoms with van der Waals surface area (Å²) in [6.45, 7) is 1.77. The van der Waals surface area contributed by atoms with Gasteiger partial charge in [0, 0.05) is 66.1 Å². The highest BCUT2D eigenvalue weighted by Gasteiger charge is 2.39. The van der Waals surface area contributed by atoms with Gasteiger partial charge in [0.2, 0.25) is 11.8 Å². The maximum atomic E-state index is 13.1. The number of nitrogens with two attached hydrogens (primary N) is 1. The number of hydrogen-bond acceptors (Lipinski definition) is 4. The predicted molar refractivity (Wildman–Crippen MR) is 146 cm³/mol. The first-order valence-electron chi connectivity index (χ1n) is 14.6. The van der Waals surface area contributed by atoms with Gasteiger partial charge in [-0.05, 0) is 94.4 Å². The fourth-order valence-electron chi connectivity index (χ4n) is 7.79. The number of aromatic nitrogens is 1. The first-order valence-corrected chi connectivity index (χ1v) is 14.6. The molecule has 3 unspecified atom stereocenters. The molecule has 1 aliphatic heterocycles. The van der Waals surface area contributed by atoms with Crippen molar-refractivity contribution in [2.45, 2.75) is 88.3 Å². The van der Waals surface area contributed by atoms with Crippen molar-refractivity contribution >= 4 is 22.7 Å². The van der Waals surface area contributed by atoms with Gasteiger partial charge in [-0.15, -0.1) is 0 Å². The topological polar surface area (TPSA) is 103 Å². The predicted octanol–water partition coefficient (Wildman–Crippen LogP) is 3.44. The van der Waals surface area contributed by atoms with Crippen LogP contribution in [0, 0.1) is 17.8 Å². The Hall–Kier alpha value is -2.38. The molecule has 3 atom stereocenters. The average Bonchev–Trinajstić information content (AvgIpc) is 3.33. The Labute approximate surface area is 220 Å². The molecule has 2 amide bonds. The van der Waals surface area contributed by atoms with Gasteiger partial charge in [-0.3, -0.25) is 9.59 Å². The van der Waals surface area contributed by atoms with E-state index in [4.69, 9.17) is 5.73 Å². The van der Waals surface area contributed by atoms with Crippen LogP contribution in [0.2, 0.25) is 0 Å². The molecule has 3 fully saturated rings. The highest BCUT2D eigenvalue weighted by molar-refractivity contribution is 5.88. The number of nitrogens with one attached hydrogen (secondary N) is 3. The van der Waals surface area contributed by atoms with Crippen LogP contribution in [0.15, 0.2) is 24.4 Å². The number of nitrogens with zero attached hydrogens (tertiary/aromatic N) is 1. The van der Waals surface area contributed by atoms with E-state index < -0.39 is 0 Å². The Kier molecular flexibility index (Phi) is 7.01. The molecule has 6 rings (SSSR count). The van der Waals surface area contributed by atoms with Gasteiger partial charge in [-0.2, -0.15) is 0 Å². The Morgan fingerprint density at radius 1 is 1.03 bits per heavy atom. The number of carbonyl (C=O) groups excluding carboxylic acids is 2. The molecule has 7 nitrogen and oxygen atoms in total. The van der Waals surface area contributed by atoms with Crippen molar-refractivity contribution in [3.63, 3.8) is 0 Å². The third-order valence-corrected chi connectivity index (χ3v) is 9.96. The molecule has 5 N–H and O–H groups in total. The summed E-state index contributed by atoms with van der Waals surface area (Å²) < 4.78 is 0. The summed E-state index contributed by atoms with van der Waals surface area (Å²) in [5.41, 5.74) is 10.2. The van der Waals surface area contributed by atoms with Crippen LogP contribution in [-0.2, 0) is 16.0 Å². The number of benzene rings is 1. The second-order valence-corrected chi connectivity index (χ2v) is 12.4. The van der Waals surface area contributed by atoms with Gasteiger partial charge < -0.3 is 26.3 Å². The minimum Gasteiger partial charge on any atom is -0.361 e. The Morgan fingerprint density at radius 2 is 1.76 bits per heavy atom. The van der Waals surface area contributed by atoms with Crippen LogP contribution < -0.4 is 16.4 Å². The van der Waals surface area contributed by atoms with Gasteiger partial charge in [-0.25, -0.2) is 0 Å². The maximum Gasteiger partial charge on any atom is 0.223 e. The molecule has 0 spiro atoms. The van der Waals surface area contributed by atoms with Gasteiger partial charge in [0.25, 0.3) is 0 Å². The summed E-state index contributed by atoms with van der Waals surface area (Å²) in [4.78, 5) is 31.8. The smallest absolute Gasteiger partial charge is 0.223 e. The van der Waals surface area contributed by atoms with E-state index in [1.807, 2.05) is 0 Å². The number of fused-ring (bicyclic) bond motifs is 2. The lowest BCUT2D eigenvalue weighted by atomic mass is 9.72. The van der Waals surface area contributed by atoms with Crippen LogP contribution in [0.25, 0.3) is 10.9 Å². The van der Waals surface area contributed by atoms with Gasteiger partial charge in [0.15, 0.2) is 0 Å². The van der Waals surface area contributed by atoms with Crippen LogP contribution >= 0.6 is 0 Å². The standard InChI is InChI=1S/C30H43N5O2/c1-35-17-18(13-25-24-3-2-4-26-28(24)21(16-32-26)14-27(25)35)15-33-29(36)19-5-7-20(8-6-19)30(37)34-23-11-9-22(31)10-12-23/h2-4,16,18-20,22-23,25,27,32H,5-15,17,31H2,1H3,(H,33,36)(H,34,37). The van der Waals surface area contributed by atoms with Gasteiger partial charge >= 0.3 is 0 Å². The molecule has 37 heavy (non-hydrogen) atoms. The summed E-state index contributed by atoms with van der Waals surface area (Å²) in [5, 5.41) is 7.99. The second kappa shape index (κ2) is 10.4. The van der Waals surface area contributed by atoms with E-state index in [0.29, 0.717) is 23.9 Å². The summed E-state index contributed by atoms with van der Waals surface area (Å²) in [6.07, 6.45) is 11.6. The number of piperidine rings is 1. The monoisotopic (exact) mass is 505 g/mol. The quantitative estimate of drug-likeness (QED) is 0.500. The number of aromatic amines is 1. The van der Waals surface area contributed by atoms with E-state index in [0.717, 1.165) is 77.3 Å². The maximum absolute atomic E-state index is 13.1. The number of likely N-dealkylation sites (N-methyl/N-ethyl adjacent to an activating group) is 1. The molecule has 1 saturated heterocycles. The van der Waals surface area contributed by atoms with E-state index in [1.165, 1.54) is 22.0 Å². The third kappa shape index (κ3) is 5.05. The second-order valence-electron chi connectivity index (χ2n) is 12.4. The van der Waals surface area contributed by atoms with Gasteiger partial charge in [-0.1, -0.05) is 12.1 Å². The van der Waals surface area contributed by atoms with E-state index >= 15 is 0 Å². The molecule has 3 aliphatic carbocycles. The lowest BCUT2D eigenvalue weighted by molar-refractivity contribution is -0.131. The number of amides is 2. The van der Waals surface area contributed by atoms with Crippen LogP contribution in [0.4, 0.5) is 0 Å². The number of H-pyrrole nitrogens is 1. The van der Waals surface area contributed by atoms with Crippen molar-refractivity contribution in [2.24, 2.45) is 23.5 Å². The fourth-order valence-corrected chi connectivity index (χ4v) is 7.79. The van der Waals surface area contributed by atoms with Crippen molar-refractivity contribution in [3.8, 4) is 0 Å². The largest absolute Gasteiger partial charge is 0.361 e. The van der Waals surface area contributed by atoms with Crippen molar-refractivity contribution < 1.29 is 9.59 Å². The Bertz CT molecular complexity index is 1130. The Morgan fingerprint density at radius 3 is 2.51 bits per heavy atom. The molecule has 2 heterocycles. The number of rotatable bonds is 5. The fraction of sp³-hybridized carbons (Fsp3) is 0.667. The summed E-state index contributed by atoms with van der Waals surface area (Å²) in [6, 6.07) is 7.77. The molecule has 0 radical (unpaired) electrons. The summed E-state index contributed by atoms with van der Waals surface area (Å²) in [5.74, 6) is 1.43. The lowest BCUT2D eigenvalue weighted by Crippen LogP contribution is -2.50. The molecule has 2 saturated carbocycles. The highest BCUT2D eigenvalue weighted by Crippen LogP contribution is 2.44. The normalized spacial score (nSPS) is 34.1. The van der Waals surface area contributed by atoms with Crippen molar-refractivity contribution in [1.82, 2.24) is 20.5 Å². The first-order chi connectivity index (χ1) is 18.0. The molecule has 7 heteroatoms. The van der Waals surface area contributed by atoms with E-state index in [-0.39, 0.29) is 29.7 Å². The van der Waals surface area contributed by atoms with E-state index in [1.54, 1.807) is 0 Å².